The Kier molecular flexibility index (Phi) is 7.42. The molecule has 3 aromatic heterocycles. The molecule has 4 heteroatoms. The molecule has 0 amide bonds. The van der Waals surface area contributed by atoms with E-state index in [2.05, 4.69) is 201 Å². The molecule has 0 saturated heterocycles. The van der Waals surface area contributed by atoms with E-state index >= 15 is 0 Å². The van der Waals surface area contributed by atoms with Gasteiger partial charge >= 0.3 is 0 Å². The van der Waals surface area contributed by atoms with Gasteiger partial charge in [0.15, 0.2) is 0 Å². The van der Waals surface area contributed by atoms with E-state index in [9.17, 15) is 0 Å². The third-order valence-electron chi connectivity index (χ3n) is 14.1. The summed E-state index contributed by atoms with van der Waals surface area (Å²) in [7, 11) is 0. The highest BCUT2D eigenvalue weighted by Gasteiger charge is 2.36. The Balaban J connectivity index is 0.988. The zero-order valence-electron chi connectivity index (χ0n) is 35.7. The van der Waals surface area contributed by atoms with Crippen LogP contribution in [-0.4, -0.2) is 0 Å². The van der Waals surface area contributed by atoms with Crippen LogP contribution >= 0.6 is 0 Å². The third-order valence-corrected chi connectivity index (χ3v) is 14.1. The number of benzene rings is 10. The van der Waals surface area contributed by atoms with E-state index in [1.165, 1.54) is 33.0 Å². The summed E-state index contributed by atoms with van der Waals surface area (Å²) in [6.07, 6.45) is 0. The molecule has 10 aromatic carbocycles. The van der Waals surface area contributed by atoms with Gasteiger partial charge < -0.3 is 18.2 Å². The fourth-order valence-electron chi connectivity index (χ4n) is 11.0. The second-order valence-corrected chi connectivity index (χ2v) is 18.0. The average Bonchev–Trinajstić information content (AvgIpc) is 4.09. The Morgan fingerprint density at radius 2 is 0.954 bits per heavy atom. The molecule has 306 valence electrons. The number of furan rings is 3. The van der Waals surface area contributed by atoms with Gasteiger partial charge in [0.05, 0.1) is 0 Å². The van der Waals surface area contributed by atoms with Gasteiger partial charge in [0, 0.05) is 65.9 Å². The Bertz CT molecular complexity index is 4100. The number of anilines is 3. The Morgan fingerprint density at radius 1 is 0.354 bits per heavy atom. The van der Waals surface area contributed by atoms with Crippen molar-refractivity contribution in [3.8, 4) is 33.4 Å². The Morgan fingerprint density at radius 3 is 1.83 bits per heavy atom. The molecule has 0 bridgehead atoms. The SMILES string of the molecule is CC1(C)c2ccccc2-c2ccc(N(c3ccc(-c4cccc5c4oc4ccccc45)cc3)c3ccc4oc5c(-c6cccc7ccccc67)c6c(cc5c4c3)oc3ccccc36)cc21. The summed E-state index contributed by atoms with van der Waals surface area (Å²) in [6.45, 7) is 4.69. The van der Waals surface area contributed by atoms with Crippen molar-refractivity contribution < 1.29 is 13.3 Å². The Labute approximate surface area is 374 Å². The summed E-state index contributed by atoms with van der Waals surface area (Å²) in [6, 6.07) is 71.6. The van der Waals surface area contributed by atoms with Crippen LogP contribution in [0.25, 0.3) is 110 Å². The van der Waals surface area contributed by atoms with E-state index in [4.69, 9.17) is 13.3 Å². The van der Waals surface area contributed by atoms with Crippen LogP contribution in [0.1, 0.15) is 25.0 Å². The number of hydrogen-bond acceptors (Lipinski definition) is 4. The first-order valence-corrected chi connectivity index (χ1v) is 22.3. The summed E-state index contributed by atoms with van der Waals surface area (Å²) in [5, 5.41) is 8.76. The highest BCUT2D eigenvalue weighted by molar-refractivity contribution is 6.25. The van der Waals surface area contributed by atoms with Crippen LogP contribution in [0.2, 0.25) is 0 Å². The maximum atomic E-state index is 7.04. The van der Waals surface area contributed by atoms with Crippen LogP contribution in [0.15, 0.2) is 213 Å². The predicted octanol–water partition coefficient (Wildman–Crippen LogP) is 17.6. The molecule has 3 heterocycles. The average molecular weight is 834 g/mol. The molecule has 0 unspecified atom stereocenters. The number of nitrogens with zero attached hydrogens (tertiary/aromatic N) is 1. The quantitative estimate of drug-likeness (QED) is 0.173. The predicted molar refractivity (Wildman–Crippen MR) is 269 cm³/mol. The molecule has 0 N–H and O–H groups in total. The lowest BCUT2D eigenvalue weighted by Gasteiger charge is -2.28. The van der Waals surface area contributed by atoms with E-state index in [-0.39, 0.29) is 5.41 Å². The third kappa shape index (κ3) is 5.19. The van der Waals surface area contributed by atoms with E-state index in [1.807, 2.05) is 18.2 Å². The summed E-state index contributed by atoms with van der Waals surface area (Å²) in [4.78, 5) is 2.38. The van der Waals surface area contributed by atoms with Gasteiger partial charge in [0.1, 0.15) is 33.5 Å². The van der Waals surface area contributed by atoms with Crippen molar-refractivity contribution in [2.75, 3.05) is 4.90 Å². The van der Waals surface area contributed by atoms with Crippen LogP contribution in [0.3, 0.4) is 0 Å². The largest absolute Gasteiger partial charge is 0.456 e. The smallest absolute Gasteiger partial charge is 0.144 e. The molecule has 1 aliphatic rings. The van der Waals surface area contributed by atoms with E-state index in [1.54, 1.807) is 0 Å². The molecule has 4 nitrogen and oxygen atoms in total. The van der Waals surface area contributed by atoms with Crippen LogP contribution in [0.5, 0.6) is 0 Å². The number of hydrogen-bond donors (Lipinski definition) is 0. The first-order valence-electron chi connectivity index (χ1n) is 22.3. The van der Waals surface area contributed by atoms with Crippen molar-refractivity contribution in [1.29, 1.82) is 0 Å². The van der Waals surface area contributed by atoms with Gasteiger partial charge in [-0.1, -0.05) is 153 Å². The minimum Gasteiger partial charge on any atom is -0.456 e. The highest BCUT2D eigenvalue weighted by atomic mass is 16.3. The van der Waals surface area contributed by atoms with Crippen molar-refractivity contribution in [3.05, 3.63) is 211 Å². The monoisotopic (exact) mass is 833 g/mol. The number of para-hydroxylation sites is 3. The van der Waals surface area contributed by atoms with E-state index < -0.39 is 0 Å². The molecular weight excluding hydrogens is 795 g/mol. The second-order valence-electron chi connectivity index (χ2n) is 18.0. The molecular formula is C61H39NO3. The summed E-state index contributed by atoms with van der Waals surface area (Å²) >= 11 is 0. The van der Waals surface area contributed by atoms with Crippen molar-refractivity contribution in [2.45, 2.75) is 19.3 Å². The first kappa shape index (κ1) is 36.2. The number of fused-ring (bicyclic) bond motifs is 13. The maximum absolute atomic E-state index is 7.04. The van der Waals surface area contributed by atoms with Crippen molar-refractivity contribution in [2.24, 2.45) is 0 Å². The zero-order chi connectivity index (χ0) is 43.0. The molecule has 0 atom stereocenters. The fraction of sp³-hybridized carbons (Fsp3) is 0.0492. The van der Waals surface area contributed by atoms with Crippen LogP contribution in [-0.2, 0) is 5.41 Å². The highest BCUT2D eigenvalue weighted by Crippen LogP contribution is 2.52. The molecule has 0 aliphatic heterocycles. The summed E-state index contributed by atoms with van der Waals surface area (Å²) < 4.78 is 20.2. The van der Waals surface area contributed by atoms with Crippen LogP contribution in [0, 0.1) is 0 Å². The van der Waals surface area contributed by atoms with Gasteiger partial charge in [0.2, 0.25) is 0 Å². The van der Waals surface area contributed by atoms with Gasteiger partial charge in [-0.3, -0.25) is 0 Å². The lowest BCUT2D eigenvalue weighted by Crippen LogP contribution is -2.16. The van der Waals surface area contributed by atoms with Gasteiger partial charge in [-0.05, 0) is 105 Å². The van der Waals surface area contributed by atoms with Crippen molar-refractivity contribution in [3.63, 3.8) is 0 Å². The molecule has 14 rings (SSSR count). The molecule has 13 aromatic rings. The van der Waals surface area contributed by atoms with Gasteiger partial charge in [-0.15, -0.1) is 0 Å². The second kappa shape index (κ2) is 13.3. The molecule has 0 spiro atoms. The standard InChI is InChI=1S/C61H39NO3/c1-61(2)51-22-8-5-16-43(51)44-31-29-40(34-52(44)61)62(38-27-25-37(26-28-38)42-19-12-21-47-45-17-6-9-23-53(45)64-59(42)47)39-30-32-55-49(33-39)50-35-56-57(48-18-7-10-24-54(48)63-56)58(60(50)65-55)46-20-11-14-36-13-3-4-15-41(36)46/h3-35H,1-2H3. The molecule has 1 aliphatic carbocycles. The lowest BCUT2D eigenvalue weighted by atomic mass is 9.82. The fourth-order valence-corrected chi connectivity index (χ4v) is 11.0. The molecule has 0 fully saturated rings. The van der Waals surface area contributed by atoms with Crippen molar-refractivity contribution in [1.82, 2.24) is 0 Å². The lowest BCUT2D eigenvalue weighted by molar-refractivity contribution is 0.660. The minimum atomic E-state index is -0.163. The summed E-state index contributed by atoms with van der Waals surface area (Å²) in [5.41, 5.74) is 17.7. The van der Waals surface area contributed by atoms with Gasteiger partial charge in [-0.2, -0.15) is 0 Å². The molecule has 0 radical (unpaired) electrons. The first-order chi connectivity index (χ1) is 32.0. The number of rotatable bonds is 5. The van der Waals surface area contributed by atoms with Gasteiger partial charge in [-0.25, -0.2) is 0 Å². The van der Waals surface area contributed by atoms with Gasteiger partial charge in [0.25, 0.3) is 0 Å². The van der Waals surface area contributed by atoms with Crippen molar-refractivity contribution >= 4 is 93.7 Å². The van der Waals surface area contributed by atoms with E-state index in [0.29, 0.717) is 0 Å². The minimum absolute atomic E-state index is 0.163. The topological polar surface area (TPSA) is 42.7 Å². The van der Waals surface area contributed by atoms with E-state index in [0.717, 1.165) is 105 Å². The van der Waals surface area contributed by atoms with Crippen LogP contribution < -0.4 is 4.90 Å². The molecule has 0 saturated carbocycles. The van der Waals surface area contributed by atoms with Crippen LogP contribution in [0.4, 0.5) is 17.1 Å². The maximum Gasteiger partial charge on any atom is 0.144 e. The summed E-state index contributed by atoms with van der Waals surface area (Å²) in [5.74, 6) is 0. The molecule has 65 heavy (non-hydrogen) atoms. The Hall–Kier alpha value is -8.34. The normalized spacial score (nSPS) is 13.2. The zero-order valence-corrected chi connectivity index (χ0v) is 35.7.